The highest BCUT2D eigenvalue weighted by atomic mass is 19.1. The Bertz CT molecular complexity index is 789. The van der Waals surface area contributed by atoms with E-state index in [2.05, 4.69) is 5.32 Å². The van der Waals surface area contributed by atoms with Gasteiger partial charge in [0.15, 0.2) is 0 Å². The number of carbonyl (C=O) groups is 2. The molecule has 2 amide bonds. The van der Waals surface area contributed by atoms with Crippen molar-refractivity contribution in [2.24, 2.45) is 23.2 Å². The van der Waals surface area contributed by atoms with E-state index in [0.29, 0.717) is 12.8 Å². The molecule has 1 aromatic carbocycles. The number of benzene rings is 1. The first-order chi connectivity index (χ1) is 14.4. The standard InChI is InChI=1S/C24H31FN2O3/c25-19-3-1-18(2-4-19)21-8-20(28)14-27(21)23(30)13-26-22(29)12-24-9-15-5-16(10-24)7-17(6-15)11-24/h1-4,15-17,20-21,28H,5-14H2,(H,26,29). The van der Waals surface area contributed by atoms with Crippen LogP contribution in [-0.4, -0.2) is 41.0 Å². The summed E-state index contributed by atoms with van der Waals surface area (Å²) in [5.74, 6) is 1.85. The van der Waals surface area contributed by atoms with Gasteiger partial charge in [-0.2, -0.15) is 0 Å². The third-order valence-corrected chi connectivity index (χ3v) is 7.99. The van der Waals surface area contributed by atoms with Gasteiger partial charge in [-0.15, -0.1) is 0 Å². The maximum absolute atomic E-state index is 13.2. The minimum absolute atomic E-state index is 0.0247. The zero-order valence-electron chi connectivity index (χ0n) is 17.4. The lowest BCUT2D eigenvalue weighted by atomic mass is 9.49. The van der Waals surface area contributed by atoms with E-state index in [1.165, 1.54) is 50.7 Å². The molecule has 1 saturated heterocycles. The van der Waals surface area contributed by atoms with Crippen molar-refractivity contribution >= 4 is 11.8 Å². The average Bonchev–Trinajstić information content (AvgIpc) is 3.07. The van der Waals surface area contributed by atoms with Gasteiger partial charge in [0.2, 0.25) is 11.8 Å². The van der Waals surface area contributed by atoms with Crippen molar-refractivity contribution in [3.05, 3.63) is 35.6 Å². The van der Waals surface area contributed by atoms with Crippen molar-refractivity contribution in [1.82, 2.24) is 10.2 Å². The van der Waals surface area contributed by atoms with Crippen molar-refractivity contribution in [3.8, 4) is 0 Å². The van der Waals surface area contributed by atoms with Gasteiger partial charge in [-0.05, 0) is 85.8 Å². The van der Waals surface area contributed by atoms with Crippen LogP contribution in [-0.2, 0) is 9.59 Å². The lowest BCUT2D eigenvalue weighted by Crippen LogP contribution is -2.48. The molecule has 4 bridgehead atoms. The maximum Gasteiger partial charge on any atom is 0.242 e. The molecule has 30 heavy (non-hydrogen) atoms. The quantitative estimate of drug-likeness (QED) is 0.778. The second kappa shape index (κ2) is 7.63. The van der Waals surface area contributed by atoms with Crippen LogP contribution < -0.4 is 5.32 Å². The van der Waals surface area contributed by atoms with Gasteiger partial charge in [0, 0.05) is 13.0 Å². The van der Waals surface area contributed by atoms with Gasteiger partial charge >= 0.3 is 0 Å². The zero-order valence-corrected chi connectivity index (χ0v) is 17.4. The van der Waals surface area contributed by atoms with Crippen LogP contribution in [0, 0.1) is 29.0 Å². The molecule has 6 heteroatoms. The molecule has 2 atom stereocenters. The summed E-state index contributed by atoms with van der Waals surface area (Å²) < 4.78 is 13.2. The van der Waals surface area contributed by atoms with E-state index in [4.69, 9.17) is 0 Å². The number of carbonyl (C=O) groups excluding carboxylic acids is 2. The largest absolute Gasteiger partial charge is 0.391 e. The van der Waals surface area contributed by atoms with E-state index in [1.54, 1.807) is 17.0 Å². The Morgan fingerprint density at radius 1 is 1.03 bits per heavy atom. The molecule has 2 N–H and O–H groups in total. The lowest BCUT2D eigenvalue weighted by Gasteiger charge is -2.56. The van der Waals surface area contributed by atoms with Gasteiger partial charge in [0.05, 0.1) is 18.7 Å². The van der Waals surface area contributed by atoms with E-state index in [-0.39, 0.29) is 42.2 Å². The van der Waals surface area contributed by atoms with Gasteiger partial charge in [-0.25, -0.2) is 4.39 Å². The maximum atomic E-state index is 13.2. The number of β-amino-alcohol motifs (C(OH)–C–C–N with tert-alkyl or cyclic N) is 1. The topological polar surface area (TPSA) is 69.6 Å². The Kier molecular flexibility index (Phi) is 5.08. The molecule has 0 aromatic heterocycles. The first-order valence-electron chi connectivity index (χ1n) is 11.4. The molecule has 1 heterocycles. The summed E-state index contributed by atoms with van der Waals surface area (Å²) in [4.78, 5) is 27.2. The molecule has 4 saturated carbocycles. The average molecular weight is 415 g/mol. The molecular weight excluding hydrogens is 383 g/mol. The minimum Gasteiger partial charge on any atom is -0.391 e. The van der Waals surface area contributed by atoms with Crippen LogP contribution in [0.3, 0.4) is 0 Å². The molecule has 0 spiro atoms. The monoisotopic (exact) mass is 414 g/mol. The number of hydrogen-bond acceptors (Lipinski definition) is 3. The van der Waals surface area contributed by atoms with Crippen LogP contribution in [0.25, 0.3) is 0 Å². The van der Waals surface area contributed by atoms with Crippen LogP contribution in [0.1, 0.15) is 63.0 Å². The summed E-state index contributed by atoms with van der Waals surface area (Å²) in [5.41, 5.74) is 0.962. The molecule has 1 aromatic rings. The lowest BCUT2D eigenvalue weighted by molar-refractivity contribution is -0.136. The number of halogens is 1. The van der Waals surface area contributed by atoms with Crippen molar-refractivity contribution in [3.63, 3.8) is 0 Å². The van der Waals surface area contributed by atoms with Crippen molar-refractivity contribution in [2.45, 2.75) is 63.5 Å². The number of rotatable bonds is 5. The Morgan fingerprint density at radius 2 is 1.63 bits per heavy atom. The molecule has 4 aliphatic carbocycles. The highest BCUT2D eigenvalue weighted by Crippen LogP contribution is 2.61. The molecule has 5 fully saturated rings. The molecule has 5 aliphatic rings. The number of amides is 2. The Hall–Kier alpha value is -1.95. The van der Waals surface area contributed by atoms with Gasteiger partial charge in [-0.1, -0.05) is 12.1 Å². The third-order valence-electron chi connectivity index (χ3n) is 7.99. The number of aliphatic hydroxyl groups excluding tert-OH is 1. The second-order valence-electron chi connectivity index (χ2n) is 10.4. The van der Waals surface area contributed by atoms with E-state index >= 15 is 0 Å². The normalized spacial score (nSPS) is 36.9. The van der Waals surface area contributed by atoms with E-state index in [0.717, 1.165) is 23.3 Å². The highest BCUT2D eigenvalue weighted by Gasteiger charge is 2.51. The number of nitrogens with one attached hydrogen (secondary N) is 1. The van der Waals surface area contributed by atoms with E-state index in [9.17, 15) is 19.1 Å². The molecular formula is C24H31FN2O3. The predicted octanol–water partition coefficient (Wildman–Crippen LogP) is 3.18. The first kappa shape index (κ1) is 20.0. The van der Waals surface area contributed by atoms with E-state index < -0.39 is 6.10 Å². The first-order valence-corrected chi connectivity index (χ1v) is 11.4. The molecule has 6 rings (SSSR count). The van der Waals surface area contributed by atoms with Crippen molar-refractivity contribution in [1.29, 1.82) is 0 Å². The summed E-state index contributed by atoms with van der Waals surface area (Å²) in [6.45, 7) is 0.196. The number of likely N-dealkylation sites (tertiary alicyclic amines) is 1. The van der Waals surface area contributed by atoms with Crippen LogP contribution >= 0.6 is 0 Å². The Morgan fingerprint density at radius 3 is 2.23 bits per heavy atom. The van der Waals surface area contributed by atoms with Crippen LogP contribution in [0.15, 0.2) is 24.3 Å². The predicted molar refractivity (Wildman–Crippen MR) is 110 cm³/mol. The Labute approximate surface area is 177 Å². The van der Waals surface area contributed by atoms with Crippen LogP contribution in [0.4, 0.5) is 4.39 Å². The molecule has 1 aliphatic heterocycles. The SMILES string of the molecule is O=C(CC12CC3CC(CC(C3)C1)C2)NCC(=O)N1CC(O)CC1c1ccc(F)cc1. The zero-order chi connectivity index (χ0) is 20.9. The van der Waals surface area contributed by atoms with Gasteiger partial charge in [0.25, 0.3) is 0 Å². The number of nitrogens with zero attached hydrogens (tertiary/aromatic N) is 1. The van der Waals surface area contributed by atoms with Gasteiger partial charge in [-0.3, -0.25) is 9.59 Å². The molecule has 162 valence electrons. The fourth-order valence-corrected chi connectivity index (χ4v) is 7.28. The second-order valence-corrected chi connectivity index (χ2v) is 10.4. The molecule has 0 radical (unpaired) electrons. The summed E-state index contributed by atoms with van der Waals surface area (Å²) in [6, 6.07) is 5.77. The van der Waals surface area contributed by atoms with Crippen molar-refractivity contribution in [2.75, 3.05) is 13.1 Å². The number of aliphatic hydroxyl groups is 1. The fraction of sp³-hybridized carbons (Fsp3) is 0.667. The number of hydrogen-bond donors (Lipinski definition) is 2. The van der Waals surface area contributed by atoms with Crippen LogP contribution in [0.2, 0.25) is 0 Å². The smallest absolute Gasteiger partial charge is 0.242 e. The summed E-state index contributed by atoms with van der Waals surface area (Å²) in [5, 5.41) is 13.0. The molecule has 5 nitrogen and oxygen atoms in total. The van der Waals surface area contributed by atoms with Crippen molar-refractivity contribution < 1.29 is 19.1 Å². The van der Waals surface area contributed by atoms with Crippen LogP contribution in [0.5, 0.6) is 0 Å². The summed E-state index contributed by atoms with van der Waals surface area (Å²) in [6.07, 6.45) is 7.92. The third kappa shape index (κ3) is 3.86. The Balaban J connectivity index is 1.18. The fourth-order valence-electron chi connectivity index (χ4n) is 7.28. The molecule has 2 unspecified atom stereocenters. The minimum atomic E-state index is -0.605. The summed E-state index contributed by atoms with van der Waals surface area (Å²) >= 11 is 0. The van der Waals surface area contributed by atoms with Gasteiger partial charge < -0.3 is 15.3 Å². The highest BCUT2D eigenvalue weighted by molar-refractivity contribution is 5.85. The van der Waals surface area contributed by atoms with E-state index in [1.807, 2.05) is 0 Å². The summed E-state index contributed by atoms with van der Waals surface area (Å²) in [7, 11) is 0. The van der Waals surface area contributed by atoms with Gasteiger partial charge in [0.1, 0.15) is 5.82 Å².